The van der Waals surface area contributed by atoms with Crippen molar-refractivity contribution in [1.82, 2.24) is 0 Å². The minimum atomic E-state index is -4.69. The second kappa shape index (κ2) is 6.17. The van der Waals surface area contributed by atoms with Crippen LogP contribution in [0.3, 0.4) is 0 Å². The number of rotatable bonds is 4. The van der Waals surface area contributed by atoms with E-state index in [0.717, 1.165) is 18.2 Å². The topological polar surface area (TPSA) is 122 Å². The maximum Gasteiger partial charge on any atom is 1.00 e. The molecule has 0 heterocycles. The van der Waals surface area contributed by atoms with E-state index in [0.29, 0.717) is 0 Å². The summed E-state index contributed by atoms with van der Waals surface area (Å²) in [5.74, 6) is -0.103. The Hall–Kier alpha value is -0.870. The van der Waals surface area contributed by atoms with Crippen LogP contribution in [0.15, 0.2) is 18.2 Å². The van der Waals surface area contributed by atoms with E-state index in [-0.39, 0.29) is 46.7 Å². The predicted octanol–water partition coefficient (Wildman–Crippen LogP) is -2.52. The Morgan fingerprint density at radius 2 is 2.00 bits per heavy atom. The van der Waals surface area contributed by atoms with Crippen LogP contribution in [-0.2, 0) is 10.3 Å². The minimum absolute atomic E-state index is 0. The van der Waals surface area contributed by atoms with Crippen LogP contribution >= 0.6 is 0 Å². The average molecular weight is 270 g/mol. The number of methoxy groups -OCH3 is 1. The molecule has 10 heteroatoms. The van der Waals surface area contributed by atoms with Gasteiger partial charge < -0.3 is 9.29 Å². The molecule has 1 N–H and O–H groups in total. The third-order valence-electron chi connectivity index (χ3n) is 1.63. The summed E-state index contributed by atoms with van der Waals surface area (Å²) in [6, 6.07) is 3.13. The van der Waals surface area contributed by atoms with Crippen LogP contribution < -0.4 is 39.0 Å². The van der Waals surface area contributed by atoms with Crippen LogP contribution in [-0.4, -0.2) is 25.0 Å². The quantitative estimate of drug-likeness (QED) is 0.279. The Morgan fingerprint density at radius 1 is 1.41 bits per heavy atom. The normalized spacial score (nSPS) is 10.2. The van der Waals surface area contributed by atoms with Crippen LogP contribution in [0.1, 0.15) is 0 Å². The fourth-order valence-electron chi connectivity index (χ4n) is 1.01. The molecule has 1 aromatic carbocycles. The monoisotopic (exact) mass is 270 g/mol. The molecule has 0 amide bonds. The number of nitrogens with zero attached hydrogens (tertiary/aromatic N) is 1. The van der Waals surface area contributed by atoms with Crippen molar-refractivity contribution in [2.24, 2.45) is 0 Å². The summed E-state index contributed by atoms with van der Waals surface area (Å²) < 4.78 is 37.6. The maximum atomic E-state index is 10.4. The van der Waals surface area contributed by atoms with Crippen molar-refractivity contribution in [1.29, 1.82) is 0 Å². The summed E-state index contributed by atoms with van der Waals surface area (Å²) in [5, 5.41) is 10.4. The van der Waals surface area contributed by atoms with E-state index in [4.69, 9.17) is 4.74 Å². The summed E-state index contributed by atoms with van der Waals surface area (Å²) in [5.41, 5.74) is -0.422. The van der Waals surface area contributed by atoms with Crippen molar-refractivity contribution in [3.05, 3.63) is 28.3 Å². The van der Waals surface area contributed by atoms with Crippen molar-refractivity contribution in [3.8, 4) is 5.75 Å². The van der Waals surface area contributed by atoms with E-state index < -0.39 is 15.2 Å². The molecular weight excluding hydrogens is 263 g/mol. The fraction of sp³-hybridized carbons (Fsp3) is 0.143. The van der Waals surface area contributed by atoms with E-state index in [1.165, 1.54) is 7.11 Å². The van der Waals surface area contributed by atoms with Crippen LogP contribution in [0.5, 0.6) is 5.75 Å². The Balaban J connectivity index is 0.00000256. The first kappa shape index (κ1) is 16.1. The van der Waals surface area contributed by atoms with Gasteiger partial charge in [-0.15, -0.1) is 0 Å². The van der Waals surface area contributed by atoms with Crippen molar-refractivity contribution in [2.45, 2.75) is 0 Å². The predicted molar refractivity (Wildman–Crippen MR) is 53.0 cm³/mol. The molecule has 0 aliphatic carbocycles. The zero-order valence-corrected chi connectivity index (χ0v) is 11.9. The van der Waals surface area contributed by atoms with Gasteiger partial charge in [0.25, 0.3) is 5.69 Å². The molecule has 0 aromatic heterocycles. The first-order chi connectivity index (χ1) is 7.33. The summed E-state index contributed by atoms with van der Waals surface area (Å²) >= 11 is 0. The zero-order chi connectivity index (χ0) is 12.3. The molecule has 1 aromatic rings. The summed E-state index contributed by atoms with van der Waals surface area (Å²) in [4.78, 5) is 9.75. The number of anilines is 1. The largest absolute Gasteiger partial charge is 1.00 e. The third kappa shape index (κ3) is 4.88. The van der Waals surface area contributed by atoms with Gasteiger partial charge in [-0.2, -0.15) is 0 Å². The van der Waals surface area contributed by atoms with E-state index in [2.05, 4.69) is 0 Å². The second-order valence-corrected chi connectivity index (χ2v) is 3.81. The third-order valence-corrected chi connectivity index (χ3v) is 2.10. The van der Waals surface area contributed by atoms with Gasteiger partial charge in [-0.3, -0.25) is 14.8 Å². The van der Waals surface area contributed by atoms with Gasteiger partial charge in [0.1, 0.15) is 5.75 Å². The molecule has 0 radical (unpaired) electrons. The maximum absolute atomic E-state index is 10.4. The summed E-state index contributed by atoms with van der Waals surface area (Å²) in [7, 11) is -3.50. The Morgan fingerprint density at radius 3 is 2.41 bits per heavy atom. The van der Waals surface area contributed by atoms with Gasteiger partial charge in [0.2, 0.25) is 0 Å². The molecule has 0 spiro atoms. The number of hydrogen-bond donors (Lipinski definition) is 1. The van der Waals surface area contributed by atoms with Gasteiger partial charge in [-0.05, 0) is 6.07 Å². The van der Waals surface area contributed by atoms with E-state index in [1.807, 2.05) is 0 Å². The molecule has 17 heavy (non-hydrogen) atoms. The number of nitro benzene ring substituents is 1. The number of nitro groups is 1. The van der Waals surface area contributed by atoms with Crippen molar-refractivity contribution < 1.29 is 52.2 Å². The van der Waals surface area contributed by atoms with Gasteiger partial charge in [-0.1, -0.05) is 0 Å². The van der Waals surface area contributed by atoms with Crippen LogP contribution in [0.2, 0.25) is 0 Å². The van der Waals surface area contributed by atoms with E-state index in [9.17, 15) is 23.1 Å². The molecule has 0 aliphatic rings. The van der Waals surface area contributed by atoms with Crippen molar-refractivity contribution >= 4 is 21.7 Å². The first-order valence-corrected chi connectivity index (χ1v) is 5.30. The van der Waals surface area contributed by atoms with Crippen LogP contribution in [0, 0.1) is 10.1 Å². The SMILES string of the molecule is COc1cc([N+](=O)[O-])ccc1NS(=O)(=O)[O-].[Na+]. The van der Waals surface area contributed by atoms with Crippen LogP contribution in [0.4, 0.5) is 11.4 Å². The molecule has 0 unspecified atom stereocenters. The number of hydrogen-bond acceptors (Lipinski definition) is 6. The molecule has 88 valence electrons. The Bertz CT molecular complexity index is 517. The van der Waals surface area contributed by atoms with Gasteiger partial charge in [0, 0.05) is 6.07 Å². The second-order valence-electron chi connectivity index (χ2n) is 2.70. The first-order valence-electron chi connectivity index (χ1n) is 3.89. The molecule has 0 atom stereocenters. The van der Waals surface area contributed by atoms with Crippen LogP contribution in [0.25, 0.3) is 0 Å². The minimum Gasteiger partial charge on any atom is -0.731 e. The molecule has 0 bridgehead atoms. The summed E-state index contributed by atoms with van der Waals surface area (Å²) in [6.45, 7) is 0. The summed E-state index contributed by atoms with van der Waals surface area (Å²) in [6.07, 6.45) is 0. The number of benzene rings is 1. The van der Waals surface area contributed by atoms with E-state index >= 15 is 0 Å². The average Bonchev–Trinajstić information content (AvgIpc) is 2.15. The smallest absolute Gasteiger partial charge is 0.731 e. The molecule has 8 nitrogen and oxygen atoms in total. The molecule has 0 fully saturated rings. The fourth-order valence-corrected chi connectivity index (χ4v) is 1.45. The van der Waals surface area contributed by atoms with Crippen molar-refractivity contribution in [2.75, 3.05) is 11.8 Å². The number of nitrogens with one attached hydrogen (secondary N) is 1. The van der Waals surface area contributed by atoms with Crippen molar-refractivity contribution in [3.63, 3.8) is 0 Å². The number of ether oxygens (including phenoxy) is 1. The van der Waals surface area contributed by atoms with E-state index in [1.54, 1.807) is 4.72 Å². The van der Waals surface area contributed by atoms with Gasteiger partial charge in [0.05, 0.1) is 23.8 Å². The molecule has 0 aliphatic heterocycles. The zero-order valence-electron chi connectivity index (χ0n) is 9.04. The standard InChI is InChI=1S/C7H8N2O6S.Na/c1-15-7-4-5(9(10)11)2-3-6(7)8-16(12,13)14;/h2-4,8H,1H3,(H,12,13,14);/q;+1/p-1. The molecular formula is C7H7N2NaO6S. The molecule has 1 rings (SSSR count). The van der Waals surface area contributed by atoms with Gasteiger partial charge in [-0.25, -0.2) is 8.42 Å². The Labute approximate surface area is 119 Å². The molecule has 0 saturated carbocycles. The Kier molecular flexibility index (Phi) is 5.85. The van der Waals surface area contributed by atoms with Gasteiger partial charge in [0.15, 0.2) is 10.3 Å². The molecule has 0 saturated heterocycles. The van der Waals surface area contributed by atoms with Gasteiger partial charge >= 0.3 is 29.6 Å². The number of non-ortho nitro benzene ring substituents is 1.